The molecule has 0 radical (unpaired) electrons. The van der Waals surface area contributed by atoms with Gasteiger partial charge in [-0.15, -0.1) is 11.3 Å². The molecule has 0 aromatic carbocycles. The Bertz CT molecular complexity index is 685. The van der Waals surface area contributed by atoms with E-state index >= 15 is 0 Å². The number of hydrogen-bond donors (Lipinski definition) is 1. The van der Waals surface area contributed by atoms with Gasteiger partial charge in [-0.2, -0.15) is 5.26 Å². The molecule has 2 heterocycles. The molecule has 1 saturated heterocycles. The van der Waals surface area contributed by atoms with Crippen molar-refractivity contribution in [3.8, 4) is 6.07 Å². The van der Waals surface area contributed by atoms with Crippen LogP contribution in [0.1, 0.15) is 42.2 Å². The maximum absolute atomic E-state index is 12.0. The molecule has 0 unspecified atom stereocenters. The predicted octanol–water partition coefficient (Wildman–Crippen LogP) is 2.41. The van der Waals surface area contributed by atoms with Crippen LogP contribution in [0, 0.1) is 17.2 Å². The van der Waals surface area contributed by atoms with E-state index in [0.29, 0.717) is 29.5 Å². The van der Waals surface area contributed by atoms with Gasteiger partial charge in [-0.1, -0.05) is 6.92 Å². The fourth-order valence-electron chi connectivity index (χ4n) is 3.11. The lowest BCUT2D eigenvalue weighted by atomic mass is 9.89. The highest BCUT2D eigenvalue weighted by molar-refractivity contribution is 7.16. The van der Waals surface area contributed by atoms with Crippen molar-refractivity contribution in [2.24, 2.45) is 5.92 Å². The third-order valence-corrected chi connectivity index (χ3v) is 5.58. The number of carbonyl (C=O) groups excluding carboxylic acids is 2. The SMILES string of the molecule is C[C@@H]1CCc2c(sc(NC(=O)COC(=O)[C@H]3CCCO3)c2C#N)C1. The molecule has 1 aromatic heterocycles. The molecule has 2 atom stereocenters. The van der Waals surface area contributed by atoms with Gasteiger partial charge in [-0.05, 0) is 43.6 Å². The van der Waals surface area contributed by atoms with Crippen LogP contribution in [0.3, 0.4) is 0 Å². The van der Waals surface area contributed by atoms with Crippen LogP contribution in [0.15, 0.2) is 0 Å². The van der Waals surface area contributed by atoms with Gasteiger partial charge in [-0.25, -0.2) is 4.79 Å². The minimum atomic E-state index is -0.553. The van der Waals surface area contributed by atoms with Crippen LogP contribution in [0.25, 0.3) is 0 Å². The summed E-state index contributed by atoms with van der Waals surface area (Å²) in [6, 6.07) is 2.20. The number of hydrogen-bond acceptors (Lipinski definition) is 6. The first-order chi connectivity index (χ1) is 11.6. The number of thiophene rings is 1. The molecule has 1 amide bonds. The zero-order valence-electron chi connectivity index (χ0n) is 13.6. The first-order valence-electron chi connectivity index (χ1n) is 8.21. The van der Waals surface area contributed by atoms with Crippen molar-refractivity contribution < 1.29 is 19.1 Å². The summed E-state index contributed by atoms with van der Waals surface area (Å²) >= 11 is 1.46. The maximum Gasteiger partial charge on any atom is 0.335 e. The molecule has 0 saturated carbocycles. The van der Waals surface area contributed by atoms with E-state index < -0.39 is 18.0 Å². The molecule has 1 aliphatic heterocycles. The van der Waals surface area contributed by atoms with Gasteiger partial charge >= 0.3 is 5.97 Å². The lowest BCUT2D eigenvalue weighted by Gasteiger charge is -2.17. The topological polar surface area (TPSA) is 88.4 Å². The number of nitrogens with one attached hydrogen (secondary N) is 1. The highest BCUT2D eigenvalue weighted by atomic mass is 32.1. The van der Waals surface area contributed by atoms with Crippen LogP contribution < -0.4 is 5.32 Å². The zero-order chi connectivity index (χ0) is 17.1. The quantitative estimate of drug-likeness (QED) is 0.844. The van der Waals surface area contributed by atoms with Crippen molar-refractivity contribution in [1.29, 1.82) is 5.26 Å². The zero-order valence-corrected chi connectivity index (χ0v) is 14.4. The van der Waals surface area contributed by atoms with Crippen LogP contribution >= 0.6 is 11.3 Å². The van der Waals surface area contributed by atoms with E-state index in [2.05, 4.69) is 18.3 Å². The van der Waals surface area contributed by atoms with Crippen LogP contribution in [0.4, 0.5) is 5.00 Å². The van der Waals surface area contributed by atoms with Gasteiger partial charge < -0.3 is 14.8 Å². The second kappa shape index (κ2) is 7.32. The fourth-order valence-corrected chi connectivity index (χ4v) is 4.49. The number of rotatable bonds is 4. The number of ether oxygens (including phenoxy) is 2. The Hall–Kier alpha value is -1.91. The van der Waals surface area contributed by atoms with Crippen molar-refractivity contribution >= 4 is 28.2 Å². The van der Waals surface area contributed by atoms with Crippen LogP contribution in [-0.4, -0.2) is 31.2 Å². The second-order valence-corrected chi connectivity index (χ2v) is 7.43. The van der Waals surface area contributed by atoms with E-state index in [1.807, 2.05) is 0 Å². The molecule has 128 valence electrons. The molecule has 1 N–H and O–H groups in total. The lowest BCUT2D eigenvalue weighted by molar-refractivity contribution is -0.156. The molecule has 7 heteroatoms. The third-order valence-electron chi connectivity index (χ3n) is 4.41. The summed E-state index contributed by atoms with van der Waals surface area (Å²) in [6.45, 7) is 2.39. The van der Waals surface area contributed by atoms with E-state index in [9.17, 15) is 14.9 Å². The monoisotopic (exact) mass is 348 g/mol. The largest absolute Gasteiger partial charge is 0.454 e. The summed E-state index contributed by atoms with van der Waals surface area (Å²) in [5, 5.41) is 12.7. The number of carbonyl (C=O) groups is 2. The van der Waals surface area contributed by atoms with Gasteiger partial charge in [0, 0.05) is 11.5 Å². The van der Waals surface area contributed by atoms with E-state index in [1.165, 1.54) is 16.2 Å². The first kappa shape index (κ1) is 16.9. The van der Waals surface area contributed by atoms with E-state index in [0.717, 1.165) is 31.2 Å². The van der Waals surface area contributed by atoms with Gasteiger partial charge in [0.2, 0.25) is 0 Å². The molecule has 1 aromatic rings. The second-order valence-electron chi connectivity index (χ2n) is 6.33. The summed E-state index contributed by atoms with van der Waals surface area (Å²) in [5.74, 6) is -0.328. The Labute approximate surface area is 144 Å². The number of fused-ring (bicyclic) bond motifs is 1. The Morgan fingerprint density at radius 1 is 1.46 bits per heavy atom. The normalized spacial score (nSPS) is 22.5. The number of anilines is 1. The summed E-state index contributed by atoms with van der Waals surface area (Å²) in [7, 11) is 0. The van der Waals surface area contributed by atoms with Crippen LogP contribution in [0.2, 0.25) is 0 Å². The van der Waals surface area contributed by atoms with E-state index in [4.69, 9.17) is 9.47 Å². The highest BCUT2D eigenvalue weighted by Gasteiger charge is 2.27. The summed E-state index contributed by atoms with van der Waals surface area (Å²) < 4.78 is 10.2. The van der Waals surface area contributed by atoms with Crippen LogP contribution in [-0.2, 0) is 31.9 Å². The van der Waals surface area contributed by atoms with Crippen molar-refractivity contribution in [2.45, 2.75) is 45.1 Å². The van der Waals surface area contributed by atoms with E-state index in [1.54, 1.807) is 0 Å². The fraction of sp³-hybridized carbons (Fsp3) is 0.588. The molecular weight excluding hydrogens is 328 g/mol. The van der Waals surface area contributed by atoms with Gasteiger partial charge in [0.1, 0.15) is 11.1 Å². The maximum atomic E-state index is 12.0. The molecule has 6 nitrogen and oxygen atoms in total. The molecule has 2 aliphatic rings. The Balaban J connectivity index is 1.60. The van der Waals surface area contributed by atoms with E-state index in [-0.39, 0.29) is 6.61 Å². The van der Waals surface area contributed by atoms with Crippen molar-refractivity contribution in [1.82, 2.24) is 0 Å². The number of amides is 1. The Kier molecular flexibility index (Phi) is 5.17. The minimum Gasteiger partial charge on any atom is -0.454 e. The molecule has 24 heavy (non-hydrogen) atoms. The van der Waals surface area contributed by atoms with Crippen molar-refractivity contribution in [3.05, 3.63) is 16.0 Å². The van der Waals surface area contributed by atoms with Crippen molar-refractivity contribution in [3.63, 3.8) is 0 Å². The van der Waals surface area contributed by atoms with Crippen molar-refractivity contribution in [2.75, 3.05) is 18.5 Å². The third kappa shape index (κ3) is 3.60. The van der Waals surface area contributed by atoms with Gasteiger partial charge in [0.05, 0.1) is 5.56 Å². The molecule has 3 rings (SSSR count). The number of nitriles is 1. The highest BCUT2D eigenvalue weighted by Crippen LogP contribution is 2.39. The first-order valence-corrected chi connectivity index (χ1v) is 9.03. The van der Waals surface area contributed by atoms with Gasteiger partial charge in [0.15, 0.2) is 12.7 Å². The average molecular weight is 348 g/mol. The summed E-state index contributed by atoms with van der Waals surface area (Å²) in [5.41, 5.74) is 1.62. The smallest absolute Gasteiger partial charge is 0.335 e. The number of nitrogens with zero attached hydrogens (tertiary/aromatic N) is 1. The average Bonchev–Trinajstić information content (AvgIpc) is 3.19. The Morgan fingerprint density at radius 2 is 2.29 bits per heavy atom. The van der Waals surface area contributed by atoms with Gasteiger partial charge in [0.25, 0.3) is 5.91 Å². The minimum absolute atomic E-state index is 0.359. The predicted molar refractivity (Wildman–Crippen MR) is 88.8 cm³/mol. The molecular formula is C17H20N2O4S. The van der Waals surface area contributed by atoms with Gasteiger partial charge in [-0.3, -0.25) is 4.79 Å². The molecule has 1 fully saturated rings. The molecule has 0 spiro atoms. The lowest BCUT2D eigenvalue weighted by Crippen LogP contribution is -2.27. The molecule has 0 bridgehead atoms. The summed E-state index contributed by atoms with van der Waals surface area (Å²) in [6.07, 6.45) is 3.79. The van der Waals surface area contributed by atoms with Crippen LogP contribution in [0.5, 0.6) is 0 Å². The Morgan fingerprint density at radius 3 is 3.00 bits per heavy atom. The standard InChI is InChI=1S/C17H20N2O4S/c1-10-4-5-11-12(8-18)16(24-14(11)7-10)19-15(20)9-23-17(21)13-3-2-6-22-13/h10,13H,2-7,9H2,1H3,(H,19,20)/t10-,13-/m1/s1. The summed E-state index contributed by atoms with van der Waals surface area (Å²) in [4.78, 5) is 25.0. The number of esters is 1. The molecule has 1 aliphatic carbocycles.